The van der Waals surface area contributed by atoms with Crippen LogP contribution in [0.5, 0.6) is 0 Å². The van der Waals surface area contributed by atoms with Crippen molar-refractivity contribution in [3.05, 3.63) is 46.1 Å². The minimum absolute atomic E-state index is 0.237. The van der Waals surface area contributed by atoms with E-state index in [1.54, 1.807) is 6.07 Å². The lowest BCUT2D eigenvalue weighted by atomic mass is 10.2. The van der Waals surface area contributed by atoms with E-state index in [1.165, 1.54) is 12.1 Å². The van der Waals surface area contributed by atoms with E-state index in [0.717, 1.165) is 34.5 Å². The van der Waals surface area contributed by atoms with Crippen LogP contribution in [0.25, 0.3) is 0 Å². The summed E-state index contributed by atoms with van der Waals surface area (Å²) in [6, 6.07) is 6.44. The number of aromatic nitrogens is 2. The Hall–Kier alpha value is -1.49. The summed E-state index contributed by atoms with van der Waals surface area (Å²) < 4.78 is 13.8. The highest BCUT2D eigenvalue weighted by Gasteiger charge is 2.05. The molecule has 0 aliphatic heterocycles. The summed E-state index contributed by atoms with van der Waals surface area (Å²) in [5.41, 5.74) is 1.68. The first kappa shape index (κ1) is 13.9. The van der Waals surface area contributed by atoms with Crippen LogP contribution >= 0.6 is 15.9 Å². The van der Waals surface area contributed by atoms with E-state index >= 15 is 0 Å². The van der Waals surface area contributed by atoms with Crippen LogP contribution < -0.4 is 5.32 Å². The van der Waals surface area contributed by atoms with Crippen molar-refractivity contribution in [2.75, 3.05) is 5.32 Å². The molecule has 100 valence electrons. The zero-order valence-electron chi connectivity index (χ0n) is 10.9. The minimum atomic E-state index is -0.237. The number of benzene rings is 1. The fourth-order valence-electron chi connectivity index (χ4n) is 1.77. The summed E-state index contributed by atoms with van der Waals surface area (Å²) in [7, 11) is 0. The van der Waals surface area contributed by atoms with Gasteiger partial charge in [-0.1, -0.05) is 6.92 Å². The highest BCUT2D eigenvalue weighted by molar-refractivity contribution is 9.10. The van der Waals surface area contributed by atoms with Crippen molar-refractivity contribution in [2.45, 2.75) is 26.7 Å². The molecule has 0 unspecified atom stereocenters. The van der Waals surface area contributed by atoms with E-state index in [1.807, 2.05) is 13.0 Å². The molecule has 0 bridgehead atoms. The average molecular weight is 324 g/mol. The Bertz CT molecular complexity index is 587. The second kappa shape index (κ2) is 6.10. The molecule has 3 nitrogen and oxygen atoms in total. The molecule has 0 saturated heterocycles. The Labute approximate surface area is 120 Å². The monoisotopic (exact) mass is 323 g/mol. The van der Waals surface area contributed by atoms with Gasteiger partial charge in [0.15, 0.2) is 0 Å². The fraction of sp³-hybridized carbons (Fsp3) is 0.286. The third-order valence-electron chi connectivity index (χ3n) is 2.67. The van der Waals surface area contributed by atoms with Crippen LogP contribution in [-0.4, -0.2) is 9.97 Å². The third-order valence-corrected chi connectivity index (χ3v) is 3.07. The van der Waals surface area contributed by atoms with Gasteiger partial charge in [0.25, 0.3) is 0 Å². The number of aryl methyl sites for hydroxylation is 2. The number of nitrogens with zero attached hydrogens (tertiary/aromatic N) is 2. The molecular weight excluding hydrogens is 309 g/mol. The minimum Gasteiger partial charge on any atom is -0.340 e. The van der Waals surface area contributed by atoms with Gasteiger partial charge in [-0.15, -0.1) is 0 Å². The van der Waals surface area contributed by atoms with Crippen LogP contribution in [0.4, 0.5) is 15.9 Å². The van der Waals surface area contributed by atoms with Crippen molar-refractivity contribution >= 4 is 27.4 Å². The second-order valence-electron chi connectivity index (χ2n) is 4.33. The number of hydrogen-bond acceptors (Lipinski definition) is 3. The summed E-state index contributed by atoms with van der Waals surface area (Å²) in [5, 5.41) is 3.19. The maximum absolute atomic E-state index is 13.1. The van der Waals surface area contributed by atoms with Crippen molar-refractivity contribution in [1.29, 1.82) is 0 Å². The molecule has 0 fully saturated rings. The van der Waals surface area contributed by atoms with Gasteiger partial charge >= 0.3 is 0 Å². The quantitative estimate of drug-likeness (QED) is 0.848. The number of nitrogens with one attached hydrogen (secondary N) is 1. The summed E-state index contributed by atoms with van der Waals surface area (Å²) >= 11 is 3.38. The number of anilines is 2. The molecule has 0 aliphatic rings. The number of rotatable bonds is 4. The third kappa shape index (κ3) is 3.73. The van der Waals surface area contributed by atoms with Gasteiger partial charge in [-0.3, -0.25) is 0 Å². The average Bonchev–Trinajstić information content (AvgIpc) is 2.32. The lowest BCUT2D eigenvalue weighted by Crippen LogP contribution is -2.01. The molecule has 0 atom stereocenters. The van der Waals surface area contributed by atoms with Gasteiger partial charge in [-0.05, 0) is 53.0 Å². The van der Waals surface area contributed by atoms with Crippen molar-refractivity contribution in [3.8, 4) is 0 Å². The molecular formula is C14H15BrFN3. The SMILES string of the molecule is CCCc1nc(Br)cc(Nc2ccc(F)cc2C)n1. The van der Waals surface area contributed by atoms with Crippen LogP contribution in [0.2, 0.25) is 0 Å². The lowest BCUT2D eigenvalue weighted by Gasteiger charge is -2.10. The number of halogens is 2. The summed E-state index contributed by atoms with van der Waals surface area (Å²) in [6.07, 6.45) is 1.82. The summed E-state index contributed by atoms with van der Waals surface area (Å²) in [4.78, 5) is 8.74. The first-order valence-corrected chi connectivity index (χ1v) is 6.94. The predicted octanol–water partition coefficient (Wildman–Crippen LogP) is 4.38. The van der Waals surface area contributed by atoms with Crippen molar-refractivity contribution in [1.82, 2.24) is 9.97 Å². The van der Waals surface area contributed by atoms with Crippen LogP contribution in [0.15, 0.2) is 28.9 Å². The van der Waals surface area contributed by atoms with Gasteiger partial charge in [-0.2, -0.15) is 0 Å². The fourth-order valence-corrected chi connectivity index (χ4v) is 2.19. The summed E-state index contributed by atoms with van der Waals surface area (Å²) in [6.45, 7) is 3.94. The molecule has 0 spiro atoms. The smallest absolute Gasteiger partial charge is 0.135 e. The van der Waals surface area contributed by atoms with Gasteiger partial charge in [0, 0.05) is 18.2 Å². The van der Waals surface area contributed by atoms with E-state index in [9.17, 15) is 4.39 Å². The van der Waals surface area contributed by atoms with Crippen LogP contribution in [0, 0.1) is 12.7 Å². The van der Waals surface area contributed by atoms with E-state index in [0.29, 0.717) is 5.82 Å². The molecule has 2 aromatic rings. The van der Waals surface area contributed by atoms with Crippen LogP contribution in [-0.2, 0) is 6.42 Å². The van der Waals surface area contributed by atoms with E-state index in [-0.39, 0.29) is 5.82 Å². The Morgan fingerprint density at radius 2 is 2.05 bits per heavy atom. The molecule has 2 rings (SSSR count). The highest BCUT2D eigenvalue weighted by atomic mass is 79.9. The Balaban J connectivity index is 2.27. The lowest BCUT2D eigenvalue weighted by molar-refractivity contribution is 0.627. The topological polar surface area (TPSA) is 37.8 Å². The van der Waals surface area contributed by atoms with Gasteiger partial charge in [0.05, 0.1) is 0 Å². The first-order valence-electron chi connectivity index (χ1n) is 6.15. The van der Waals surface area contributed by atoms with E-state index in [4.69, 9.17) is 0 Å². The van der Waals surface area contributed by atoms with Gasteiger partial charge < -0.3 is 5.32 Å². The molecule has 19 heavy (non-hydrogen) atoms. The Kier molecular flexibility index (Phi) is 4.47. The standard InChI is InChI=1S/C14H15BrFN3/c1-3-4-13-18-12(15)8-14(19-13)17-11-6-5-10(16)7-9(11)2/h5-8H,3-4H2,1-2H3,(H,17,18,19). The molecule has 0 saturated carbocycles. The van der Waals surface area contributed by atoms with Crippen LogP contribution in [0.1, 0.15) is 24.7 Å². The highest BCUT2D eigenvalue weighted by Crippen LogP contribution is 2.22. The Morgan fingerprint density at radius 3 is 2.74 bits per heavy atom. The maximum atomic E-state index is 13.1. The molecule has 0 amide bonds. The van der Waals surface area contributed by atoms with E-state index < -0.39 is 0 Å². The summed E-state index contributed by atoms with van der Waals surface area (Å²) in [5.74, 6) is 1.26. The van der Waals surface area contributed by atoms with Gasteiger partial charge in [0.2, 0.25) is 0 Å². The van der Waals surface area contributed by atoms with Crippen molar-refractivity contribution in [2.24, 2.45) is 0 Å². The normalized spacial score (nSPS) is 10.5. The largest absolute Gasteiger partial charge is 0.340 e. The van der Waals surface area contributed by atoms with Gasteiger partial charge in [0.1, 0.15) is 22.1 Å². The zero-order chi connectivity index (χ0) is 13.8. The molecule has 1 heterocycles. The molecule has 1 aromatic heterocycles. The molecule has 1 N–H and O–H groups in total. The first-order chi connectivity index (χ1) is 9.08. The van der Waals surface area contributed by atoms with Gasteiger partial charge in [-0.25, -0.2) is 14.4 Å². The zero-order valence-corrected chi connectivity index (χ0v) is 12.5. The maximum Gasteiger partial charge on any atom is 0.135 e. The Morgan fingerprint density at radius 1 is 1.26 bits per heavy atom. The second-order valence-corrected chi connectivity index (χ2v) is 5.14. The van der Waals surface area contributed by atoms with E-state index in [2.05, 4.69) is 38.1 Å². The predicted molar refractivity (Wildman–Crippen MR) is 78.1 cm³/mol. The van der Waals surface area contributed by atoms with Crippen molar-refractivity contribution < 1.29 is 4.39 Å². The number of hydrogen-bond donors (Lipinski definition) is 1. The molecule has 5 heteroatoms. The van der Waals surface area contributed by atoms with Crippen molar-refractivity contribution in [3.63, 3.8) is 0 Å². The molecule has 1 aromatic carbocycles. The molecule has 0 aliphatic carbocycles. The van der Waals surface area contributed by atoms with Crippen LogP contribution in [0.3, 0.4) is 0 Å². The molecule has 0 radical (unpaired) electrons.